The zero-order chi connectivity index (χ0) is 38.6. The molecule has 1 spiro atoms. The summed E-state index contributed by atoms with van der Waals surface area (Å²) in [7, 11) is 0. The lowest BCUT2D eigenvalue weighted by Gasteiger charge is -2.43. The first-order valence-corrected chi connectivity index (χ1v) is 20.8. The van der Waals surface area contributed by atoms with Gasteiger partial charge in [-0.25, -0.2) is 0 Å². The molecule has 278 valence electrons. The zero-order valence-corrected chi connectivity index (χ0v) is 32.8. The van der Waals surface area contributed by atoms with E-state index in [-0.39, 0.29) is 17.3 Å². The molecule has 0 aromatic heterocycles. The van der Waals surface area contributed by atoms with Crippen LogP contribution in [0.3, 0.4) is 0 Å². The molecule has 3 unspecified atom stereocenters. The van der Waals surface area contributed by atoms with Gasteiger partial charge in [-0.1, -0.05) is 166 Å². The Morgan fingerprint density at radius 2 is 1.36 bits per heavy atom. The van der Waals surface area contributed by atoms with Crippen molar-refractivity contribution in [3.8, 4) is 22.6 Å². The minimum absolute atomic E-state index is 0.0989. The van der Waals surface area contributed by atoms with E-state index in [4.69, 9.17) is 4.74 Å². The third-order valence-corrected chi connectivity index (χ3v) is 13.9. The highest BCUT2D eigenvalue weighted by atomic mass is 16.5. The highest BCUT2D eigenvalue weighted by Gasteiger charge is 2.56. The number of anilines is 3. The van der Waals surface area contributed by atoms with Crippen LogP contribution in [0.1, 0.15) is 66.0 Å². The van der Waals surface area contributed by atoms with E-state index in [1.807, 2.05) is 0 Å². The van der Waals surface area contributed by atoms with Crippen LogP contribution in [0.25, 0.3) is 27.5 Å². The molecular formula is C56H43NO. The van der Waals surface area contributed by atoms with Gasteiger partial charge in [0.1, 0.15) is 11.5 Å². The summed E-state index contributed by atoms with van der Waals surface area (Å²) in [6.45, 7) is 4.79. The van der Waals surface area contributed by atoms with Crippen LogP contribution in [0.2, 0.25) is 0 Å². The molecule has 2 nitrogen and oxygen atoms in total. The average molecular weight is 746 g/mol. The predicted octanol–water partition coefficient (Wildman–Crippen LogP) is 14.7. The van der Waals surface area contributed by atoms with Gasteiger partial charge in [-0.3, -0.25) is 0 Å². The summed E-state index contributed by atoms with van der Waals surface area (Å²) < 4.78 is 7.09. The van der Waals surface area contributed by atoms with Crippen molar-refractivity contribution in [1.29, 1.82) is 0 Å². The number of fused-ring (bicyclic) bond motifs is 12. The number of nitrogens with zero attached hydrogens (tertiary/aromatic N) is 1. The molecular weight excluding hydrogens is 703 g/mol. The Morgan fingerprint density at radius 3 is 2.28 bits per heavy atom. The van der Waals surface area contributed by atoms with Gasteiger partial charge in [-0.15, -0.1) is 0 Å². The molecule has 0 saturated heterocycles. The summed E-state index contributed by atoms with van der Waals surface area (Å²) in [6.07, 6.45) is 16.2. The summed E-state index contributed by atoms with van der Waals surface area (Å²) in [6, 6.07) is 56.4. The number of para-hydroxylation sites is 1. The first-order chi connectivity index (χ1) is 28.5. The molecule has 5 aliphatic rings. The van der Waals surface area contributed by atoms with Crippen LogP contribution < -0.4 is 9.64 Å². The van der Waals surface area contributed by atoms with E-state index in [9.17, 15) is 0 Å². The van der Waals surface area contributed by atoms with Crippen LogP contribution >= 0.6 is 0 Å². The zero-order valence-electron chi connectivity index (χ0n) is 32.8. The van der Waals surface area contributed by atoms with Gasteiger partial charge in [-0.2, -0.15) is 0 Å². The molecule has 3 atom stereocenters. The van der Waals surface area contributed by atoms with Gasteiger partial charge in [0.05, 0.1) is 11.1 Å². The van der Waals surface area contributed by atoms with Gasteiger partial charge < -0.3 is 9.64 Å². The molecule has 1 heterocycles. The average Bonchev–Trinajstić information content (AvgIpc) is 3.69. The Labute approximate surface area is 340 Å². The fraction of sp³-hybridized carbons (Fsp3) is 0.143. The first-order valence-electron chi connectivity index (χ1n) is 20.8. The second kappa shape index (κ2) is 12.4. The molecule has 0 fully saturated rings. The Balaban J connectivity index is 1.12. The van der Waals surface area contributed by atoms with Gasteiger partial charge in [-0.05, 0) is 92.9 Å². The molecule has 0 amide bonds. The fourth-order valence-corrected chi connectivity index (χ4v) is 11.4. The molecule has 0 saturated carbocycles. The molecule has 4 aliphatic carbocycles. The van der Waals surface area contributed by atoms with Gasteiger partial charge >= 0.3 is 0 Å². The van der Waals surface area contributed by atoms with E-state index in [0.717, 1.165) is 41.4 Å². The van der Waals surface area contributed by atoms with Crippen molar-refractivity contribution >= 4 is 33.4 Å². The van der Waals surface area contributed by atoms with Crippen molar-refractivity contribution in [1.82, 2.24) is 0 Å². The minimum Gasteiger partial charge on any atom is -0.457 e. The van der Waals surface area contributed by atoms with E-state index in [1.54, 1.807) is 0 Å². The van der Waals surface area contributed by atoms with E-state index < -0.39 is 5.41 Å². The monoisotopic (exact) mass is 745 g/mol. The smallest absolute Gasteiger partial charge is 0.134 e. The maximum atomic E-state index is 7.09. The minimum atomic E-state index is -0.399. The largest absolute Gasteiger partial charge is 0.457 e. The number of allylic oxidation sites excluding steroid dienone is 8. The Morgan fingerprint density at radius 1 is 0.621 bits per heavy atom. The Kier molecular flexibility index (Phi) is 7.18. The van der Waals surface area contributed by atoms with Crippen LogP contribution in [0.5, 0.6) is 11.5 Å². The van der Waals surface area contributed by atoms with Gasteiger partial charge in [0.25, 0.3) is 0 Å². The Hall–Kier alpha value is -6.64. The molecule has 58 heavy (non-hydrogen) atoms. The third kappa shape index (κ3) is 4.55. The van der Waals surface area contributed by atoms with Crippen molar-refractivity contribution in [3.05, 3.63) is 227 Å². The summed E-state index contributed by atoms with van der Waals surface area (Å²) in [5, 5.41) is 2.45. The number of rotatable bonds is 4. The Bertz CT molecular complexity index is 2980. The van der Waals surface area contributed by atoms with E-state index >= 15 is 0 Å². The maximum Gasteiger partial charge on any atom is 0.134 e. The molecule has 0 N–H and O–H groups in total. The second-order valence-corrected chi connectivity index (χ2v) is 17.1. The summed E-state index contributed by atoms with van der Waals surface area (Å²) >= 11 is 0. The highest BCUT2D eigenvalue weighted by molar-refractivity contribution is 6.05. The normalized spacial score (nSPS) is 21.2. The van der Waals surface area contributed by atoms with Crippen molar-refractivity contribution in [2.24, 2.45) is 5.92 Å². The SMILES string of the molecule is CC1(C)C2=C(CCC=C2)c2ccc(N(c3ccc4c(c3)Oc3ccccc3C43c4ccccc4C4C=CC=CC43)c3ccc4ccccc4c3-c3ccccc3)cc21. The summed E-state index contributed by atoms with van der Waals surface area (Å²) in [5.74, 6) is 2.34. The van der Waals surface area contributed by atoms with Crippen molar-refractivity contribution < 1.29 is 4.74 Å². The molecule has 7 aromatic rings. The first kappa shape index (κ1) is 33.5. The summed E-state index contributed by atoms with van der Waals surface area (Å²) in [4.78, 5) is 2.49. The number of hydrogen-bond donors (Lipinski definition) is 0. The van der Waals surface area contributed by atoms with Crippen LogP contribution in [-0.4, -0.2) is 0 Å². The van der Waals surface area contributed by atoms with E-state index in [2.05, 4.69) is 207 Å². The van der Waals surface area contributed by atoms with Crippen molar-refractivity contribution in [2.75, 3.05) is 4.90 Å². The summed E-state index contributed by atoms with van der Waals surface area (Å²) in [5.41, 5.74) is 16.2. The quantitative estimate of drug-likeness (QED) is 0.178. The number of ether oxygens (including phenoxy) is 1. The molecule has 2 heteroatoms. The van der Waals surface area contributed by atoms with E-state index in [0.29, 0.717) is 0 Å². The van der Waals surface area contributed by atoms with Crippen LogP contribution in [0.15, 0.2) is 194 Å². The number of benzene rings is 7. The van der Waals surface area contributed by atoms with Crippen molar-refractivity contribution in [3.63, 3.8) is 0 Å². The highest BCUT2D eigenvalue weighted by Crippen LogP contribution is 2.65. The van der Waals surface area contributed by atoms with E-state index in [1.165, 1.54) is 66.4 Å². The van der Waals surface area contributed by atoms with Crippen molar-refractivity contribution in [2.45, 2.75) is 43.4 Å². The van der Waals surface area contributed by atoms with Crippen LogP contribution in [-0.2, 0) is 10.8 Å². The van der Waals surface area contributed by atoms with Gasteiger partial charge in [0.15, 0.2) is 0 Å². The topological polar surface area (TPSA) is 12.5 Å². The third-order valence-electron chi connectivity index (χ3n) is 13.9. The molecule has 1 aliphatic heterocycles. The molecule has 0 bridgehead atoms. The standard InChI is InChI=1S/C56H43NO/c1-55(2)45-23-11-8-20-41(45)44-31-29-38(34-50(44)55)57(51-33-28-36-16-6-7-19-40(36)54(51)37-17-4-3-5-18-37)39-30-32-49-53(35-39)58-52-27-15-14-26-48(52)56(49)46-24-12-9-21-42(46)43-22-10-13-25-47(43)56/h3-7,9-19,21-35,42,46H,8,20H2,1-2H3. The number of hydrogen-bond acceptors (Lipinski definition) is 2. The molecule has 12 rings (SSSR count). The second-order valence-electron chi connectivity index (χ2n) is 17.1. The lowest BCUT2D eigenvalue weighted by Crippen LogP contribution is -2.37. The van der Waals surface area contributed by atoms with Gasteiger partial charge in [0, 0.05) is 51.4 Å². The van der Waals surface area contributed by atoms with Gasteiger partial charge in [0.2, 0.25) is 0 Å². The predicted molar refractivity (Wildman–Crippen MR) is 240 cm³/mol. The lowest BCUT2D eigenvalue weighted by atomic mass is 9.62. The molecule has 0 radical (unpaired) electrons. The van der Waals surface area contributed by atoms with Crippen LogP contribution in [0, 0.1) is 5.92 Å². The van der Waals surface area contributed by atoms with Crippen LogP contribution in [0.4, 0.5) is 17.1 Å². The fourth-order valence-electron chi connectivity index (χ4n) is 11.4. The maximum absolute atomic E-state index is 7.09. The molecule has 7 aromatic carbocycles. The lowest BCUT2D eigenvalue weighted by molar-refractivity contribution is 0.374.